The second-order valence-corrected chi connectivity index (χ2v) is 8.62. The number of H-pyrrole nitrogens is 1. The van der Waals surface area contributed by atoms with Gasteiger partial charge in [0.05, 0.1) is 11.6 Å². The fraction of sp³-hybridized carbons (Fsp3) is 0.400. The molecule has 0 saturated carbocycles. The van der Waals surface area contributed by atoms with Crippen molar-refractivity contribution in [3.05, 3.63) is 40.8 Å². The minimum absolute atomic E-state index is 0.120. The molecule has 2 N–H and O–H groups in total. The fourth-order valence-electron chi connectivity index (χ4n) is 4.44. The first kappa shape index (κ1) is 19.4. The molecule has 1 amide bonds. The molecule has 3 aromatic rings. The Morgan fingerprint density at radius 1 is 1.10 bits per heavy atom. The summed E-state index contributed by atoms with van der Waals surface area (Å²) >= 11 is 12.2. The normalized spacial score (nSPS) is 22.1. The number of nitrogens with one attached hydrogen (secondary N) is 2. The van der Waals surface area contributed by atoms with Crippen LogP contribution in [0.2, 0.25) is 10.0 Å². The lowest BCUT2D eigenvalue weighted by Gasteiger charge is -2.38. The first-order valence-corrected chi connectivity index (χ1v) is 10.8. The van der Waals surface area contributed by atoms with Crippen LogP contribution in [0.25, 0.3) is 11.0 Å². The summed E-state index contributed by atoms with van der Waals surface area (Å²) in [6.07, 6.45) is 6.04. The summed E-state index contributed by atoms with van der Waals surface area (Å²) in [5.41, 5.74) is 1.49. The summed E-state index contributed by atoms with van der Waals surface area (Å²) in [6.45, 7) is 2.38. The van der Waals surface area contributed by atoms with E-state index >= 15 is 0 Å². The highest BCUT2D eigenvalue weighted by Gasteiger charge is 2.38. The van der Waals surface area contributed by atoms with Gasteiger partial charge in [-0.1, -0.05) is 23.2 Å². The molecule has 156 valence electrons. The van der Waals surface area contributed by atoms with Crippen LogP contribution in [-0.2, 0) is 4.79 Å². The van der Waals surface area contributed by atoms with Gasteiger partial charge in [0.25, 0.3) is 0 Å². The smallest absolute Gasteiger partial charge is 0.245 e. The van der Waals surface area contributed by atoms with Crippen LogP contribution >= 0.6 is 23.2 Å². The molecule has 2 aliphatic rings. The van der Waals surface area contributed by atoms with Crippen LogP contribution in [0, 0.1) is 0 Å². The number of aromatic amines is 1. The molecule has 30 heavy (non-hydrogen) atoms. The van der Waals surface area contributed by atoms with Crippen molar-refractivity contribution in [2.75, 3.05) is 29.9 Å². The number of benzene rings is 1. The van der Waals surface area contributed by atoms with Gasteiger partial charge in [-0.3, -0.25) is 9.89 Å². The summed E-state index contributed by atoms with van der Waals surface area (Å²) in [5, 5.41) is 12.3. The Labute approximate surface area is 183 Å². The Kier molecular flexibility index (Phi) is 5.12. The molecule has 10 heteroatoms. The molecule has 2 atom stereocenters. The van der Waals surface area contributed by atoms with Crippen molar-refractivity contribution in [2.45, 2.75) is 31.3 Å². The zero-order valence-corrected chi connectivity index (χ0v) is 17.7. The number of carbonyl (C=O) groups excluding carboxylic acids is 1. The maximum Gasteiger partial charge on any atom is 0.245 e. The van der Waals surface area contributed by atoms with Gasteiger partial charge in [0.15, 0.2) is 5.65 Å². The van der Waals surface area contributed by atoms with Crippen molar-refractivity contribution in [2.24, 2.45) is 0 Å². The van der Waals surface area contributed by atoms with E-state index in [1.54, 1.807) is 30.7 Å². The molecule has 0 radical (unpaired) electrons. The molecule has 8 nitrogen and oxygen atoms in total. The number of anilines is 2. The van der Waals surface area contributed by atoms with Crippen molar-refractivity contribution in [3.63, 3.8) is 0 Å². The lowest BCUT2D eigenvalue weighted by atomic mass is 10.0. The summed E-state index contributed by atoms with van der Waals surface area (Å²) in [7, 11) is 0. The summed E-state index contributed by atoms with van der Waals surface area (Å²) in [4.78, 5) is 26.1. The van der Waals surface area contributed by atoms with Crippen LogP contribution in [0.5, 0.6) is 0 Å². The number of halogens is 2. The van der Waals surface area contributed by atoms with Crippen molar-refractivity contribution in [1.29, 1.82) is 0 Å². The highest BCUT2D eigenvalue weighted by Crippen LogP contribution is 2.29. The molecule has 2 saturated heterocycles. The summed E-state index contributed by atoms with van der Waals surface area (Å²) in [6, 6.07) is 5.14. The van der Waals surface area contributed by atoms with Crippen molar-refractivity contribution < 1.29 is 4.79 Å². The van der Waals surface area contributed by atoms with Crippen molar-refractivity contribution in [1.82, 2.24) is 25.1 Å². The van der Waals surface area contributed by atoms with Gasteiger partial charge in [0.2, 0.25) is 5.91 Å². The average Bonchev–Trinajstić information content (AvgIpc) is 3.34. The van der Waals surface area contributed by atoms with E-state index in [0.717, 1.165) is 61.4 Å². The minimum Gasteiger partial charge on any atom is -0.374 e. The number of rotatable bonds is 4. The van der Waals surface area contributed by atoms with Gasteiger partial charge in [-0.25, -0.2) is 9.97 Å². The van der Waals surface area contributed by atoms with E-state index in [2.05, 4.69) is 30.4 Å². The largest absolute Gasteiger partial charge is 0.374 e. The zero-order chi connectivity index (χ0) is 20.7. The fourth-order valence-corrected chi connectivity index (χ4v) is 4.97. The first-order chi connectivity index (χ1) is 14.6. The Hall–Kier alpha value is -2.58. The molecule has 5 rings (SSSR count). The monoisotopic (exact) mass is 445 g/mol. The Morgan fingerprint density at radius 3 is 2.77 bits per heavy atom. The lowest BCUT2D eigenvalue weighted by molar-refractivity contribution is -0.130. The van der Waals surface area contributed by atoms with Crippen LogP contribution in [0.15, 0.2) is 30.7 Å². The molecule has 1 aromatic carbocycles. The maximum atomic E-state index is 13.1. The Bertz CT molecular complexity index is 1070. The van der Waals surface area contributed by atoms with Gasteiger partial charge in [-0.15, -0.1) is 0 Å². The maximum absolute atomic E-state index is 13.1. The lowest BCUT2D eigenvalue weighted by Crippen LogP contribution is -2.50. The van der Waals surface area contributed by atoms with Gasteiger partial charge in [-0.2, -0.15) is 5.10 Å². The average molecular weight is 446 g/mol. The standard InChI is InChI=1S/C20H21Cl2N7O/c21-12-6-13(22)8-14(7-12)26-17-3-5-29(20(17)30)15-2-1-4-28(10-15)19-16-9-25-27-18(16)23-11-24-19/h6-9,11,15,17,26H,1-5,10H2,(H,23,24,25,27). The van der Waals surface area contributed by atoms with Gasteiger partial charge >= 0.3 is 0 Å². The second kappa shape index (κ2) is 7.92. The van der Waals surface area contributed by atoms with Crippen LogP contribution < -0.4 is 10.2 Å². The van der Waals surface area contributed by atoms with E-state index in [0.29, 0.717) is 10.0 Å². The topological polar surface area (TPSA) is 90.0 Å². The molecule has 0 aliphatic carbocycles. The van der Waals surface area contributed by atoms with Gasteiger partial charge < -0.3 is 15.1 Å². The number of amides is 1. The van der Waals surface area contributed by atoms with E-state index in [9.17, 15) is 4.79 Å². The van der Waals surface area contributed by atoms with E-state index in [-0.39, 0.29) is 18.0 Å². The predicted molar refractivity (Wildman–Crippen MR) is 117 cm³/mol. The highest BCUT2D eigenvalue weighted by atomic mass is 35.5. The SMILES string of the molecule is O=C1C(Nc2cc(Cl)cc(Cl)c2)CCN1C1CCCN(c2ncnc3[nH]ncc23)C1. The molecular formula is C20H21Cl2N7O. The zero-order valence-electron chi connectivity index (χ0n) is 16.2. The number of aromatic nitrogens is 4. The highest BCUT2D eigenvalue weighted by molar-refractivity contribution is 6.35. The number of carbonyl (C=O) groups is 1. The summed E-state index contributed by atoms with van der Waals surface area (Å²) < 4.78 is 0. The van der Waals surface area contributed by atoms with Crippen LogP contribution in [0.4, 0.5) is 11.5 Å². The molecular weight excluding hydrogens is 425 g/mol. The number of hydrogen-bond donors (Lipinski definition) is 2. The number of nitrogens with zero attached hydrogens (tertiary/aromatic N) is 5. The molecule has 2 aliphatic heterocycles. The Balaban J connectivity index is 1.30. The number of likely N-dealkylation sites (tertiary alicyclic amines) is 1. The molecule has 2 fully saturated rings. The molecule has 2 aromatic heterocycles. The second-order valence-electron chi connectivity index (χ2n) is 7.75. The van der Waals surface area contributed by atoms with Crippen LogP contribution in [0.3, 0.4) is 0 Å². The van der Waals surface area contributed by atoms with E-state index in [1.165, 1.54) is 0 Å². The quantitative estimate of drug-likeness (QED) is 0.639. The molecule has 2 unspecified atom stereocenters. The summed E-state index contributed by atoms with van der Waals surface area (Å²) in [5.74, 6) is 0.988. The molecule has 0 bridgehead atoms. The Morgan fingerprint density at radius 2 is 1.93 bits per heavy atom. The third kappa shape index (κ3) is 3.65. The molecule has 4 heterocycles. The minimum atomic E-state index is -0.269. The van der Waals surface area contributed by atoms with Crippen molar-refractivity contribution in [3.8, 4) is 0 Å². The number of piperidine rings is 1. The van der Waals surface area contributed by atoms with E-state index in [1.807, 2.05) is 4.90 Å². The van der Waals surface area contributed by atoms with Gasteiger partial charge in [-0.05, 0) is 37.5 Å². The predicted octanol–water partition coefficient (Wildman–Crippen LogP) is 3.34. The third-order valence-electron chi connectivity index (χ3n) is 5.81. The van der Waals surface area contributed by atoms with Gasteiger partial charge in [0.1, 0.15) is 18.2 Å². The van der Waals surface area contributed by atoms with Crippen molar-refractivity contribution >= 4 is 51.6 Å². The van der Waals surface area contributed by atoms with E-state index in [4.69, 9.17) is 23.2 Å². The number of hydrogen-bond acceptors (Lipinski definition) is 6. The van der Waals surface area contributed by atoms with Crippen LogP contribution in [-0.4, -0.2) is 62.7 Å². The van der Waals surface area contributed by atoms with Crippen LogP contribution in [0.1, 0.15) is 19.3 Å². The van der Waals surface area contributed by atoms with E-state index < -0.39 is 0 Å². The third-order valence-corrected chi connectivity index (χ3v) is 6.24. The van der Waals surface area contributed by atoms with Gasteiger partial charge in [0, 0.05) is 41.4 Å². The number of fused-ring (bicyclic) bond motifs is 1. The molecule has 0 spiro atoms. The first-order valence-electron chi connectivity index (χ1n) is 10.0.